The highest BCUT2D eigenvalue weighted by Crippen LogP contribution is 2.25. The maximum Gasteiger partial charge on any atom is 0.267 e. The van der Waals surface area contributed by atoms with Crippen molar-refractivity contribution >= 4 is 34.3 Å². The Labute approximate surface area is 91.8 Å². The molecule has 0 fully saturated rings. The van der Waals surface area contributed by atoms with E-state index in [2.05, 4.69) is 4.98 Å². The highest BCUT2D eigenvalue weighted by molar-refractivity contribution is 14.1. The Hall–Kier alpha value is -0.990. The van der Waals surface area contributed by atoms with E-state index in [0.29, 0.717) is 3.57 Å². The van der Waals surface area contributed by atoms with Crippen molar-refractivity contribution in [1.29, 1.82) is 0 Å². The molecular weight excluding hydrogens is 307 g/mol. The summed E-state index contributed by atoms with van der Waals surface area (Å²) in [5, 5.41) is 0. The molecule has 0 unspecified atom stereocenters. The Bertz CT molecular complexity index is 383. The lowest BCUT2D eigenvalue weighted by Gasteiger charge is -2.07. The van der Waals surface area contributed by atoms with Gasteiger partial charge in [0.1, 0.15) is 11.5 Å². The van der Waals surface area contributed by atoms with E-state index in [-0.39, 0.29) is 5.82 Å². The molecule has 4 N–H and O–H groups in total. The largest absolute Gasteiger partial charge is 0.383 e. The number of hydrogen-bond acceptors (Lipinski definition) is 3. The molecule has 1 aromatic rings. The second-order valence-corrected chi connectivity index (χ2v) is 3.62. The zero-order chi connectivity index (χ0) is 10.9. The van der Waals surface area contributed by atoms with Crippen molar-refractivity contribution < 1.29 is 13.6 Å². The number of nitrogens with zero attached hydrogens (tertiary/aromatic N) is 1. The quantitative estimate of drug-likeness (QED) is 0.808. The number of amides is 1. The maximum absolute atomic E-state index is 12.4. The van der Waals surface area contributed by atoms with Crippen LogP contribution in [0.4, 0.5) is 14.6 Å². The highest BCUT2D eigenvalue weighted by Gasteiger charge is 2.19. The van der Waals surface area contributed by atoms with E-state index in [4.69, 9.17) is 11.5 Å². The second kappa shape index (κ2) is 4.03. The van der Waals surface area contributed by atoms with Crippen molar-refractivity contribution in [3.8, 4) is 0 Å². The van der Waals surface area contributed by atoms with Crippen molar-refractivity contribution in [3.05, 3.63) is 20.9 Å². The molecule has 0 aliphatic rings. The Morgan fingerprint density at radius 3 is 2.57 bits per heavy atom. The number of aromatic nitrogens is 1. The lowest BCUT2D eigenvalue weighted by atomic mass is 10.2. The molecule has 7 heteroatoms. The predicted octanol–water partition coefficient (Wildman–Crippen LogP) is 1.30. The average molecular weight is 313 g/mol. The fourth-order valence-corrected chi connectivity index (χ4v) is 1.34. The van der Waals surface area contributed by atoms with Crippen LogP contribution in [-0.2, 0) is 0 Å². The van der Waals surface area contributed by atoms with E-state index in [1.807, 2.05) is 0 Å². The van der Waals surface area contributed by atoms with E-state index in [1.165, 1.54) is 0 Å². The molecular formula is C7H6F2IN3O. The Morgan fingerprint density at radius 2 is 2.14 bits per heavy atom. The Morgan fingerprint density at radius 1 is 1.57 bits per heavy atom. The summed E-state index contributed by atoms with van der Waals surface area (Å²) >= 11 is 1.75. The van der Waals surface area contributed by atoms with E-state index >= 15 is 0 Å². The van der Waals surface area contributed by atoms with Crippen molar-refractivity contribution in [2.45, 2.75) is 6.43 Å². The van der Waals surface area contributed by atoms with Crippen LogP contribution in [0.15, 0.2) is 6.07 Å². The molecule has 0 saturated carbocycles. The van der Waals surface area contributed by atoms with Crippen molar-refractivity contribution in [2.75, 3.05) is 5.73 Å². The van der Waals surface area contributed by atoms with Gasteiger partial charge in [-0.3, -0.25) is 4.79 Å². The number of alkyl halides is 2. The topological polar surface area (TPSA) is 82.0 Å². The third-order valence-corrected chi connectivity index (χ3v) is 2.37. The third-order valence-electron chi connectivity index (χ3n) is 1.50. The molecule has 0 spiro atoms. The van der Waals surface area contributed by atoms with Crippen LogP contribution < -0.4 is 11.5 Å². The molecule has 0 atom stereocenters. The number of halogens is 3. The van der Waals surface area contributed by atoms with Gasteiger partial charge < -0.3 is 11.5 Å². The number of carbonyl (C=O) groups excluding carboxylic acids is 1. The highest BCUT2D eigenvalue weighted by atomic mass is 127. The van der Waals surface area contributed by atoms with Gasteiger partial charge >= 0.3 is 0 Å². The summed E-state index contributed by atoms with van der Waals surface area (Å²) in [6, 6.07) is 1.10. The summed E-state index contributed by atoms with van der Waals surface area (Å²) < 4.78 is 25.2. The SMILES string of the molecule is NC(=O)c1nc(N)c(I)cc1C(F)F. The molecule has 4 nitrogen and oxygen atoms in total. The molecule has 1 amide bonds. The number of primary amides is 1. The fourth-order valence-electron chi connectivity index (χ4n) is 0.881. The first-order chi connectivity index (χ1) is 6.43. The van der Waals surface area contributed by atoms with Crippen LogP contribution in [0.1, 0.15) is 22.5 Å². The number of pyridine rings is 1. The Kier molecular flexibility index (Phi) is 3.19. The molecule has 0 saturated heterocycles. The summed E-state index contributed by atoms with van der Waals surface area (Å²) in [4.78, 5) is 14.3. The molecule has 1 rings (SSSR count). The van der Waals surface area contributed by atoms with Gasteiger partial charge in [0, 0.05) is 0 Å². The number of nitrogen functional groups attached to an aromatic ring is 1. The van der Waals surface area contributed by atoms with Crippen LogP contribution in [0, 0.1) is 3.57 Å². The molecule has 0 aliphatic carbocycles. The van der Waals surface area contributed by atoms with Crippen molar-refractivity contribution in [1.82, 2.24) is 4.98 Å². The van der Waals surface area contributed by atoms with Gasteiger partial charge in [0.15, 0.2) is 0 Å². The minimum atomic E-state index is -2.79. The molecule has 76 valence electrons. The number of carbonyl (C=O) groups is 1. The molecule has 0 bridgehead atoms. The van der Waals surface area contributed by atoms with Gasteiger partial charge in [0.2, 0.25) is 0 Å². The number of hydrogen-bond donors (Lipinski definition) is 2. The zero-order valence-electron chi connectivity index (χ0n) is 6.80. The minimum absolute atomic E-state index is 0.0174. The van der Waals surface area contributed by atoms with Crippen molar-refractivity contribution in [2.24, 2.45) is 5.73 Å². The summed E-state index contributed by atoms with van der Waals surface area (Å²) in [7, 11) is 0. The fraction of sp³-hybridized carbons (Fsp3) is 0.143. The van der Waals surface area contributed by atoms with Gasteiger partial charge in [-0.25, -0.2) is 13.8 Å². The van der Waals surface area contributed by atoms with Gasteiger partial charge in [0.25, 0.3) is 12.3 Å². The Balaban J connectivity index is 3.39. The first kappa shape index (κ1) is 11.1. The van der Waals surface area contributed by atoms with E-state index in [0.717, 1.165) is 6.07 Å². The van der Waals surface area contributed by atoms with E-state index in [1.54, 1.807) is 22.6 Å². The molecule has 0 aliphatic heterocycles. The summed E-state index contributed by atoms with van der Waals surface area (Å²) in [5.41, 5.74) is 9.27. The summed E-state index contributed by atoms with van der Waals surface area (Å²) in [6.07, 6.45) is -2.79. The van der Waals surface area contributed by atoms with Crippen LogP contribution >= 0.6 is 22.6 Å². The standard InChI is InChI=1S/C7H6F2IN3O/c8-5(9)2-1-3(10)6(11)13-4(2)7(12)14/h1,5H,(H2,11,13)(H2,12,14). The van der Waals surface area contributed by atoms with Gasteiger partial charge in [-0.05, 0) is 28.7 Å². The van der Waals surface area contributed by atoms with Crippen LogP contribution in [0.25, 0.3) is 0 Å². The molecule has 14 heavy (non-hydrogen) atoms. The number of anilines is 1. The van der Waals surface area contributed by atoms with Crippen molar-refractivity contribution in [3.63, 3.8) is 0 Å². The van der Waals surface area contributed by atoms with Gasteiger partial charge in [-0.15, -0.1) is 0 Å². The lowest BCUT2D eigenvalue weighted by molar-refractivity contribution is 0.0980. The third kappa shape index (κ3) is 2.08. The van der Waals surface area contributed by atoms with Crippen LogP contribution in [0.5, 0.6) is 0 Å². The number of rotatable bonds is 2. The van der Waals surface area contributed by atoms with Crippen LogP contribution in [0.3, 0.4) is 0 Å². The van der Waals surface area contributed by atoms with E-state index in [9.17, 15) is 13.6 Å². The molecule has 1 heterocycles. The second-order valence-electron chi connectivity index (χ2n) is 2.46. The first-order valence-electron chi connectivity index (χ1n) is 3.47. The summed E-state index contributed by atoms with van der Waals surface area (Å²) in [5.74, 6) is -0.993. The smallest absolute Gasteiger partial charge is 0.267 e. The normalized spacial score (nSPS) is 10.6. The van der Waals surface area contributed by atoms with Gasteiger partial charge in [-0.1, -0.05) is 0 Å². The van der Waals surface area contributed by atoms with Crippen LogP contribution in [-0.4, -0.2) is 10.9 Å². The molecule has 0 radical (unpaired) electrons. The monoisotopic (exact) mass is 313 g/mol. The molecule has 0 aromatic carbocycles. The zero-order valence-corrected chi connectivity index (χ0v) is 8.96. The van der Waals surface area contributed by atoms with E-state index < -0.39 is 23.6 Å². The molecule has 1 aromatic heterocycles. The van der Waals surface area contributed by atoms with Gasteiger partial charge in [0.05, 0.1) is 9.13 Å². The minimum Gasteiger partial charge on any atom is -0.383 e. The first-order valence-corrected chi connectivity index (χ1v) is 4.55. The lowest BCUT2D eigenvalue weighted by Crippen LogP contribution is -2.17. The predicted molar refractivity (Wildman–Crippen MR) is 54.8 cm³/mol. The number of nitrogens with two attached hydrogens (primary N) is 2. The maximum atomic E-state index is 12.4. The average Bonchev–Trinajstić information content (AvgIpc) is 2.08. The van der Waals surface area contributed by atoms with Gasteiger partial charge in [-0.2, -0.15) is 0 Å². The summed E-state index contributed by atoms with van der Waals surface area (Å²) in [6.45, 7) is 0. The van der Waals surface area contributed by atoms with Crippen LogP contribution in [0.2, 0.25) is 0 Å².